The third-order valence-corrected chi connectivity index (χ3v) is 6.70. The molecular formula is C27H30FN3O3. The van der Waals surface area contributed by atoms with Crippen molar-refractivity contribution in [2.75, 3.05) is 0 Å². The van der Waals surface area contributed by atoms with E-state index in [9.17, 15) is 9.18 Å². The lowest BCUT2D eigenvalue weighted by Crippen LogP contribution is -2.40. The van der Waals surface area contributed by atoms with Crippen LogP contribution in [0.5, 0.6) is 11.5 Å². The molecule has 1 saturated carbocycles. The quantitative estimate of drug-likeness (QED) is 0.536. The molecular weight excluding hydrogens is 433 g/mol. The average molecular weight is 464 g/mol. The number of carbonyl (C=O) groups excluding carboxylic acids is 1. The number of carbonyl (C=O) groups is 1. The van der Waals surface area contributed by atoms with Crippen LogP contribution < -0.4 is 14.8 Å². The molecule has 7 heteroatoms. The molecule has 3 aromatic rings. The number of amides is 1. The van der Waals surface area contributed by atoms with Crippen LogP contribution in [-0.4, -0.2) is 27.8 Å². The van der Waals surface area contributed by atoms with Gasteiger partial charge in [0, 0.05) is 37.0 Å². The van der Waals surface area contributed by atoms with Crippen LogP contribution in [0.3, 0.4) is 0 Å². The molecule has 1 amide bonds. The Morgan fingerprint density at radius 2 is 1.97 bits per heavy atom. The first kappa shape index (κ1) is 22.4. The zero-order valence-electron chi connectivity index (χ0n) is 19.2. The number of fused-ring (bicyclic) bond motifs is 1. The van der Waals surface area contributed by atoms with Crippen molar-refractivity contribution in [3.8, 4) is 11.5 Å². The van der Waals surface area contributed by atoms with Crippen LogP contribution in [0.25, 0.3) is 0 Å². The van der Waals surface area contributed by atoms with Crippen molar-refractivity contribution in [2.45, 2.75) is 69.7 Å². The molecule has 178 valence electrons. The molecule has 0 spiro atoms. The Kier molecular flexibility index (Phi) is 6.79. The summed E-state index contributed by atoms with van der Waals surface area (Å²) in [6.07, 6.45) is 9.11. The Labute approximate surface area is 199 Å². The van der Waals surface area contributed by atoms with Gasteiger partial charge in [0.2, 0.25) is 5.91 Å². The molecule has 2 aliphatic rings. The highest BCUT2D eigenvalue weighted by Crippen LogP contribution is 2.38. The number of aryl methyl sites for hydroxylation is 2. The van der Waals surface area contributed by atoms with E-state index in [-0.39, 0.29) is 30.0 Å². The normalized spacial score (nSPS) is 21.9. The van der Waals surface area contributed by atoms with Crippen LogP contribution in [-0.2, 0) is 17.8 Å². The van der Waals surface area contributed by atoms with Crippen molar-refractivity contribution in [3.05, 3.63) is 77.9 Å². The number of halogens is 1. The van der Waals surface area contributed by atoms with Gasteiger partial charge in [0.25, 0.3) is 0 Å². The summed E-state index contributed by atoms with van der Waals surface area (Å²) in [4.78, 5) is 12.2. The Morgan fingerprint density at radius 1 is 1.12 bits per heavy atom. The molecule has 1 N–H and O–H groups in total. The highest BCUT2D eigenvalue weighted by atomic mass is 19.1. The van der Waals surface area contributed by atoms with Gasteiger partial charge in [0.05, 0.1) is 6.10 Å². The van der Waals surface area contributed by atoms with Crippen molar-refractivity contribution >= 4 is 5.91 Å². The Morgan fingerprint density at radius 3 is 2.76 bits per heavy atom. The predicted molar refractivity (Wildman–Crippen MR) is 126 cm³/mol. The number of nitrogens with one attached hydrogen (secondary N) is 1. The van der Waals surface area contributed by atoms with Gasteiger partial charge < -0.3 is 14.8 Å². The molecule has 0 saturated heterocycles. The fraction of sp³-hybridized carbons (Fsp3) is 0.407. The second-order valence-corrected chi connectivity index (χ2v) is 9.11. The molecule has 1 aliphatic carbocycles. The molecule has 1 unspecified atom stereocenters. The number of benzene rings is 2. The van der Waals surface area contributed by atoms with E-state index < -0.39 is 0 Å². The summed E-state index contributed by atoms with van der Waals surface area (Å²) in [6, 6.07) is 14.8. The van der Waals surface area contributed by atoms with E-state index in [4.69, 9.17) is 9.47 Å². The van der Waals surface area contributed by atoms with Gasteiger partial charge in [-0.15, -0.1) is 0 Å². The lowest BCUT2D eigenvalue weighted by atomic mass is 9.92. The molecule has 2 heterocycles. The van der Waals surface area contributed by atoms with E-state index in [0.717, 1.165) is 55.6 Å². The maximum absolute atomic E-state index is 14.1. The van der Waals surface area contributed by atoms with E-state index in [0.29, 0.717) is 18.5 Å². The summed E-state index contributed by atoms with van der Waals surface area (Å²) in [6.45, 7) is 0.598. The molecule has 5 rings (SSSR count). The Bertz CT molecular complexity index is 1110. The van der Waals surface area contributed by atoms with Gasteiger partial charge in [0.15, 0.2) is 0 Å². The van der Waals surface area contributed by atoms with E-state index >= 15 is 0 Å². The molecule has 1 atom stereocenters. The molecule has 2 aromatic carbocycles. The van der Waals surface area contributed by atoms with Crippen molar-refractivity contribution in [1.82, 2.24) is 15.1 Å². The standard InChI is InChI=1S/C27H30FN3O3/c28-24-5-2-1-4-23(24)26-12-6-19-18-22(11-13-25(19)34-26)33-21-9-7-20(8-10-21)30-27(32)14-17-31-16-3-15-29-31/h1-5,11,13,15-16,18,20-21,26H,6-10,12,14,17H2,(H,30,32). The van der Waals surface area contributed by atoms with E-state index in [1.54, 1.807) is 23.0 Å². The summed E-state index contributed by atoms with van der Waals surface area (Å²) in [5, 5.41) is 7.28. The van der Waals surface area contributed by atoms with Gasteiger partial charge in [-0.1, -0.05) is 18.2 Å². The summed E-state index contributed by atoms with van der Waals surface area (Å²) in [5.41, 5.74) is 1.71. The summed E-state index contributed by atoms with van der Waals surface area (Å²) >= 11 is 0. The fourth-order valence-electron chi connectivity index (χ4n) is 4.86. The van der Waals surface area contributed by atoms with Crippen molar-refractivity contribution in [2.24, 2.45) is 0 Å². The number of rotatable bonds is 7. The van der Waals surface area contributed by atoms with Crippen LogP contribution >= 0.6 is 0 Å². The minimum atomic E-state index is -0.259. The van der Waals surface area contributed by atoms with Crippen LogP contribution in [0, 0.1) is 5.82 Å². The zero-order chi connectivity index (χ0) is 23.3. The van der Waals surface area contributed by atoms with Crippen LogP contribution in [0.1, 0.15) is 55.8 Å². The molecule has 6 nitrogen and oxygen atoms in total. The average Bonchev–Trinajstić information content (AvgIpc) is 3.38. The smallest absolute Gasteiger partial charge is 0.222 e. The second-order valence-electron chi connectivity index (χ2n) is 9.11. The van der Waals surface area contributed by atoms with Crippen LogP contribution in [0.2, 0.25) is 0 Å². The van der Waals surface area contributed by atoms with E-state index in [1.807, 2.05) is 30.5 Å². The predicted octanol–water partition coefficient (Wildman–Crippen LogP) is 4.99. The highest BCUT2D eigenvalue weighted by Gasteiger charge is 2.26. The fourth-order valence-corrected chi connectivity index (χ4v) is 4.86. The first-order valence-electron chi connectivity index (χ1n) is 12.1. The monoisotopic (exact) mass is 463 g/mol. The van der Waals surface area contributed by atoms with Crippen molar-refractivity contribution in [3.63, 3.8) is 0 Å². The minimum Gasteiger partial charge on any atom is -0.490 e. The van der Waals surface area contributed by atoms with E-state index in [1.165, 1.54) is 6.07 Å². The maximum atomic E-state index is 14.1. The number of hydrogen-bond donors (Lipinski definition) is 1. The zero-order valence-corrected chi connectivity index (χ0v) is 19.2. The number of ether oxygens (including phenoxy) is 2. The number of aromatic nitrogens is 2. The maximum Gasteiger partial charge on any atom is 0.222 e. The molecule has 0 radical (unpaired) electrons. The topological polar surface area (TPSA) is 65.4 Å². The lowest BCUT2D eigenvalue weighted by molar-refractivity contribution is -0.122. The SMILES string of the molecule is O=C(CCn1cccn1)NC1CCC(Oc2ccc3c(c2)CCC(c2ccccc2F)O3)CC1. The van der Waals surface area contributed by atoms with E-state index in [2.05, 4.69) is 16.5 Å². The molecule has 1 aromatic heterocycles. The highest BCUT2D eigenvalue weighted by molar-refractivity contribution is 5.76. The first-order chi connectivity index (χ1) is 16.6. The van der Waals surface area contributed by atoms with Crippen molar-refractivity contribution in [1.29, 1.82) is 0 Å². The molecule has 0 bridgehead atoms. The Hall–Kier alpha value is -3.35. The van der Waals surface area contributed by atoms with Gasteiger partial charge in [-0.2, -0.15) is 5.10 Å². The third kappa shape index (κ3) is 5.41. The van der Waals surface area contributed by atoms with Gasteiger partial charge in [-0.3, -0.25) is 9.48 Å². The van der Waals surface area contributed by atoms with Gasteiger partial charge in [-0.05, 0) is 74.4 Å². The Balaban J connectivity index is 1.09. The van der Waals surface area contributed by atoms with Crippen LogP contribution in [0.4, 0.5) is 4.39 Å². The first-order valence-corrected chi connectivity index (χ1v) is 12.1. The van der Waals surface area contributed by atoms with Gasteiger partial charge in [0.1, 0.15) is 23.4 Å². The summed E-state index contributed by atoms with van der Waals surface area (Å²) < 4.78 is 28.3. The summed E-state index contributed by atoms with van der Waals surface area (Å²) in [5.74, 6) is 1.50. The van der Waals surface area contributed by atoms with Crippen molar-refractivity contribution < 1.29 is 18.7 Å². The van der Waals surface area contributed by atoms with Gasteiger partial charge in [-0.25, -0.2) is 4.39 Å². The van der Waals surface area contributed by atoms with Gasteiger partial charge >= 0.3 is 0 Å². The minimum absolute atomic E-state index is 0.0724. The molecule has 34 heavy (non-hydrogen) atoms. The second kappa shape index (κ2) is 10.3. The largest absolute Gasteiger partial charge is 0.490 e. The number of nitrogens with zero attached hydrogens (tertiary/aromatic N) is 2. The lowest BCUT2D eigenvalue weighted by Gasteiger charge is -2.30. The molecule has 1 aliphatic heterocycles. The summed E-state index contributed by atoms with van der Waals surface area (Å²) in [7, 11) is 0. The number of hydrogen-bond acceptors (Lipinski definition) is 4. The van der Waals surface area contributed by atoms with Crippen LogP contribution in [0.15, 0.2) is 60.9 Å². The molecule has 1 fully saturated rings. The third-order valence-electron chi connectivity index (χ3n) is 6.70.